The van der Waals surface area contributed by atoms with E-state index < -0.39 is 0 Å². The largest absolute Gasteiger partial charge is 0.454 e. The van der Waals surface area contributed by atoms with Crippen molar-refractivity contribution in [2.24, 2.45) is 0 Å². The van der Waals surface area contributed by atoms with Gasteiger partial charge in [0.2, 0.25) is 0 Å². The third-order valence-corrected chi connectivity index (χ3v) is 15.1. The van der Waals surface area contributed by atoms with Gasteiger partial charge in [0, 0.05) is 53.8 Å². The van der Waals surface area contributed by atoms with Gasteiger partial charge in [-0.25, -0.2) is 0 Å². The molecule has 56 heavy (non-hydrogen) atoms. The SMILES string of the molecule is Cc1cc2c(cc1N1c3c4c(cc5ccccc35)-c3cccc5c6c7ccccc7sc6n(c35)B4c3ccc4c(oc5ccccc54)c31)C(C)(C)CCC2(C)C. The maximum atomic E-state index is 7.11. The molecule has 1 aliphatic carbocycles. The molecule has 0 bridgehead atoms. The molecule has 268 valence electrons. The van der Waals surface area contributed by atoms with Crippen molar-refractivity contribution < 1.29 is 4.42 Å². The number of hydrogen-bond acceptors (Lipinski definition) is 3. The van der Waals surface area contributed by atoms with Crippen molar-refractivity contribution in [3.63, 3.8) is 0 Å². The van der Waals surface area contributed by atoms with Gasteiger partial charge in [0.1, 0.15) is 5.58 Å². The van der Waals surface area contributed by atoms with Crippen LogP contribution in [-0.4, -0.2) is 11.3 Å². The molecule has 0 spiro atoms. The fourth-order valence-electron chi connectivity index (χ4n) is 11.1. The van der Waals surface area contributed by atoms with E-state index in [1.165, 1.54) is 98.5 Å². The van der Waals surface area contributed by atoms with Crippen LogP contribution in [0.15, 0.2) is 126 Å². The summed E-state index contributed by atoms with van der Waals surface area (Å²) in [4.78, 5) is 3.98. The molecule has 0 fully saturated rings. The van der Waals surface area contributed by atoms with Gasteiger partial charge in [0.15, 0.2) is 5.58 Å². The van der Waals surface area contributed by atoms with Crippen LogP contribution in [-0.2, 0) is 10.8 Å². The van der Waals surface area contributed by atoms with Gasteiger partial charge in [-0.3, -0.25) is 0 Å². The lowest BCUT2D eigenvalue weighted by molar-refractivity contribution is 0.332. The highest BCUT2D eigenvalue weighted by Gasteiger charge is 2.46. The number of aryl methyl sites for hydroxylation is 1. The number of aromatic nitrogens is 1. The molecule has 0 N–H and O–H groups in total. The molecule has 3 aliphatic rings. The van der Waals surface area contributed by atoms with E-state index in [1.807, 2.05) is 11.3 Å². The van der Waals surface area contributed by atoms with Crippen molar-refractivity contribution in [2.45, 2.75) is 58.3 Å². The highest BCUT2D eigenvalue weighted by molar-refractivity contribution is 7.26. The standard InChI is InChI=1S/C51H39BN2OS/c1-28-25-37-38(51(4,5)24-23-50(37,2)3)27-40(28)53-46-30-14-7-6-13-29(30)26-36-32-17-12-18-35-43-34-16-9-11-20-42(34)56-49(43)54(45(32)35)52(44(36)46)39-22-21-33-31-15-8-10-19-41(31)55-48(33)47(39)53/h6-22,25-27H,23-24H2,1-5H3. The first-order valence-electron chi connectivity index (χ1n) is 20.1. The van der Waals surface area contributed by atoms with E-state index in [1.54, 1.807) is 0 Å². The molecular weight excluding hydrogens is 699 g/mol. The van der Waals surface area contributed by atoms with Crippen LogP contribution in [0.5, 0.6) is 0 Å². The Balaban J connectivity index is 1.25. The minimum absolute atomic E-state index is 0.0512. The van der Waals surface area contributed by atoms with Crippen LogP contribution in [0.3, 0.4) is 0 Å². The third kappa shape index (κ3) is 3.76. The molecule has 5 heterocycles. The average molecular weight is 739 g/mol. The van der Waals surface area contributed by atoms with Crippen molar-refractivity contribution >= 4 is 110 Å². The first-order chi connectivity index (χ1) is 27.2. The number of benzene rings is 7. The Labute approximate surface area is 329 Å². The topological polar surface area (TPSA) is 21.3 Å². The predicted octanol–water partition coefficient (Wildman–Crippen LogP) is 13.1. The van der Waals surface area contributed by atoms with E-state index in [0.29, 0.717) is 0 Å². The average Bonchev–Trinajstić information content (AvgIpc) is 3.88. The van der Waals surface area contributed by atoms with Crippen LogP contribution in [0.2, 0.25) is 0 Å². The fourth-order valence-corrected chi connectivity index (χ4v) is 12.3. The van der Waals surface area contributed by atoms with Gasteiger partial charge in [-0.15, -0.1) is 11.3 Å². The van der Waals surface area contributed by atoms with Crippen LogP contribution >= 0.6 is 11.3 Å². The van der Waals surface area contributed by atoms with Crippen LogP contribution < -0.4 is 15.8 Å². The minimum Gasteiger partial charge on any atom is -0.454 e. The molecular formula is C51H39BN2OS. The van der Waals surface area contributed by atoms with Crippen LogP contribution in [0, 0.1) is 6.92 Å². The quantitative estimate of drug-likeness (QED) is 0.156. The molecule has 0 radical (unpaired) electrons. The lowest BCUT2D eigenvalue weighted by Crippen LogP contribution is -2.56. The van der Waals surface area contributed by atoms with Crippen molar-refractivity contribution in [2.75, 3.05) is 4.90 Å². The predicted molar refractivity (Wildman–Crippen MR) is 240 cm³/mol. The second-order valence-corrected chi connectivity index (χ2v) is 19.0. The van der Waals surface area contributed by atoms with E-state index >= 15 is 0 Å². The summed E-state index contributed by atoms with van der Waals surface area (Å²) in [6.45, 7) is 12.0. The van der Waals surface area contributed by atoms with Gasteiger partial charge in [-0.05, 0) is 93.4 Å². The van der Waals surface area contributed by atoms with Crippen LogP contribution in [0.4, 0.5) is 17.1 Å². The van der Waals surface area contributed by atoms with Gasteiger partial charge in [-0.1, -0.05) is 125 Å². The zero-order valence-electron chi connectivity index (χ0n) is 32.2. The molecule has 2 aliphatic heterocycles. The van der Waals surface area contributed by atoms with Crippen molar-refractivity contribution in [1.29, 1.82) is 0 Å². The lowest BCUT2D eigenvalue weighted by atomic mass is 9.45. The lowest BCUT2D eigenvalue weighted by Gasteiger charge is -2.45. The van der Waals surface area contributed by atoms with Gasteiger partial charge in [0.25, 0.3) is 0 Å². The summed E-state index contributed by atoms with van der Waals surface area (Å²) in [5.41, 5.74) is 16.6. The first kappa shape index (κ1) is 31.4. The number of furan rings is 1. The number of hydrogen-bond donors (Lipinski definition) is 0. The van der Waals surface area contributed by atoms with Crippen molar-refractivity contribution in [3.05, 3.63) is 138 Å². The third-order valence-electron chi connectivity index (χ3n) is 13.9. The molecule has 3 nitrogen and oxygen atoms in total. The summed E-state index contributed by atoms with van der Waals surface area (Å²) in [5, 5.41) is 8.87. The van der Waals surface area contributed by atoms with E-state index in [0.717, 1.165) is 34.0 Å². The Bertz CT molecular complexity index is 3410. The molecule has 7 aromatic carbocycles. The molecule has 13 rings (SSSR count). The Morgan fingerprint density at radius 2 is 1.36 bits per heavy atom. The zero-order valence-corrected chi connectivity index (χ0v) is 33.1. The molecule has 0 saturated heterocycles. The first-order valence-corrected chi connectivity index (χ1v) is 20.9. The minimum atomic E-state index is -0.0512. The van der Waals surface area contributed by atoms with Crippen molar-refractivity contribution in [1.82, 2.24) is 4.48 Å². The Morgan fingerprint density at radius 1 is 0.643 bits per heavy atom. The molecule has 0 unspecified atom stereocenters. The number of fused-ring (bicyclic) bond motifs is 16. The van der Waals surface area contributed by atoms with Crippen molar-refractivity contribution in [3.8, 4) is 11.1 Å². The van der Waals surface area contributed by atoms with Gasteiger partial charge < -0.3 is 13.8 Å². The number of para-hydroxylation sites is 2. The number of nitrogens with zero attached hydrogens (tertiary/aromatic N) is 2. The smallest absolute Gasteiger partial charge is 0.333 e. The molecule has 10 aromatic rings. The van der Waals surface area contributed by atoms with Crippen LogP contribution in [0.1, 0.15) is 57.2 Å². The summed E-state index contributed by atoms with van der Waals surface area (Å²) in [7, 11) is 0. The highest BCUT2D eigenvalue weighted by Crippen LogP contribution is 2.54. The molecule has 5 heteroatoms. The maximum absolute atomic E-state index is 7.11. The number of thiophene rings is 1. The van der Waals surface area contributed by atoms with Crippen LogP contribution in [0.25, 0.3) is 75.0 Å². The summed E-state index contributed by atoms with van der Waals surface area (Å²) < 4.78 is 11.2. The summed E-state index contributed by atoms with van der Waals surface area (Å²) in [6.07, 6.45) is 2.35. The molecule has 0 saturated carbocycles. The number of anilines is 3. The Morgan fingerprint density at radius 3 is 2.20 bits per heavy atom. The fraction of sp³-hybridized carbons (Fsp3) is 0.176. The Hall–Kier alpha value is -5.78. The second-order valence-electron chi connectivity index (χ2n) is 17.9. The maximum Gasteiger partial charge on any atom is 0.333 e. The summed E-state index contributed by atoms with van der Waals surface area (Å²) in [6, 6.07) is 45.9. The van der Waals surface area contributed by atoms with E-state index in [4.69, 9.17) is 4.42 Å². The Kier molecular flexibility index (Phi) is 5.80. The summed E-state index contributed by atoms with van der Waals surface area (Å²) >= 11 is 1.93. The highest BCUT2D eigenvalue weighted by atomic mass is 32.1. The monoisotopic (exact) mass is 738 g/mol. The van der Waals surface area contributed by atoms with E-state index in [2.05, 4.69) is 165 Å². The summed E-state index contributed by atoms with van der Waals surface area (Å²) in [5.74, 6) is 0. The normalized spacial score (nSPS) is 16.4. The van der Waals surface area contributed by atoms with Gasteiger partial charge >= 0.3 is 6.85 Å². The van der Waals surface area contributed by atoms with Gasteiger partial charge in [0.05, 0.1) is 16.2 Å². The van der Waals surface area contributed by atoms with E-state index in [9.17, 15) is 0 Å². The zero-order chi connectivity index (χ0) is 37.4. The van der Waals surface area contributed by atoms with Gasteiger partial charge in [-0.2, -0.15) is 0 Å². The van der Waals surface area contributed by atoms with E-state index in [-0.39, 0.29) is 17.7 Å². The second kappa shape index (κ2) is 10.3. The molecule has 3 aromatic heterocycles. The number of rotatable bonds is 1. The molecule has 0 amide bonds. The molecule has 0 atom stereocenters.